The number of thiazole rings is 1. The summed E-state index contributed by atoms with van der Waals surface area (Å²) in [6, 6.07) is 0. The van der Waals surface area contributed by atoms with Crippen LogP contribution in [0.5, 0.6) is 0 Å². The molecule has 1 heterocycles. The molecule has 0 saturated heterocycles. The van der Waals surface area contributed by atoms with Crippen LogP contribution < -0.4 is 0 Å². The molecule has 0 atom stereocenters. The highest BCUT2D eigenvalue weighted by Gasteiger charge is 2.32. The smallest absolute Gasteiger partial charge is 0.316 e. The van der Waals surface area contributed by atoms with Crippen LogP contribution in [0.25, 0.3) is 0 Å². The number of rotatable bonds is 2. The van der Waals surface area contributed by atoms with Crippen LogP contribution in [0.3, 0.4) is 0 Å². The van der Waals surface area contributed by atoms with Gasteiger partial charge in [-0.25, -0.2) is 4.98 Å². The van der Waals surface area contributed by atoms with E-state index in [0.29, 0.717) is 9.34 Å². The highest BCUT2D eigenvalue weighted by Crippen LogP contribution is 2.29. The Hall–Kier alpha value is -0.610. The van der Waals surface area contributed by atoms with Gasteiger partial charge in [0.1, 0.15) is 14.8 Å². The average molecular weight is 206 g/mol. The standard InChI is InChI=1S/C7H8ClNO2S/c1-7(2,6(10)11)5-9-3-4(8)12-5/h3H,1-2H3,(H,10,11). The predicted molar refractivity (Wildman–Crippen MR) is 47.8 cm³/mol. The van der Waals surface area contributed by atoms with Gasteiger partial charge in [0, 0.05) is 0 Å². The fourth-order valence-electron chi connectivity index (χ4n) is 0.635. The Morgan fingerprint density at radius 1 is 1.75 bits per heavy atom. The second-order valence-electron chi connectivity index (χ2n) is 2.90. The number of hydrogen-bond donors (Lipinski definition) is 1. The monoisotopic (exact) mass is 205 g/mol. The first-order chi connectivity index (χ1) is 5.44. The second-order valence-corrected chi connectivity index (χ2v) is 4.56. The van der Waals surface area contributed by atoms with E-state index in [1.54, 1.807) is 13.8 Å². The lowest BCUT2D eigenvalue weighted by Gasteiger charge is -2.14. The Morgan fingerprint density at radius 2 is 2.33 bits per heavy atom. The summed E-state index contributed by atoms with van der Waals surface area (Å²) in [6.07, 6.45) is 1.46. The van der Waals surface area contributed by atoms with E-state index in [1.807, 2.05) is 0 Å². The summed E-state index contributed by atoms with van der Waals surface area (Å²) < 4.78 is 0.513. The van der Waals surface area contributed by atoms with Gasteiger partial charge in [-0.2, -0.15) is 0 Å². The first-order valence-corrected chi connectivity index (χ1v) is 4.49. The molecule has 0 aliphatic rings. The lowest BCUT2D eigenvalue weighted by molar-refractivity contribution is -0.142. The molecular weight excluding hydrogens is 198 g/mol. The van der Waals surface area contributed by atoms with E-state index < -0.39 is 11.4 Å². The van der Waals surface area contributed by atoms with Crippen LogP contribution in [0.1, 0.15) is 18.9 Å². The predicted octanol–water partition coefficient (Wildman–Crippen LogP) is 2.16. The molecular formula is C7H8ClNO2S. The van der Waals surface area contributed by atoms with Crippen LogP contribution >= 0.6 is 22.9 Å². The number of carboxylic acids is 1. The van der Waals surface area contributed by atoms with Crippen LogP contribution in [0.2, 0.25) is 4.34 Å². The Labute approximate surface area is 79.0 Å². The molecule has 0 aromatic carbocycles. The third kappa shape index (κ3) is 1.59. The minimum Gasteiger partial charge on any atom is -0.481 e. The highest BCUT2D eigenvalue weighted by molar-refractivity contribution is 7.16. The minimum atomic E-state index is -0.947. The molecule has 1 aromatic heterocycles. The van der Waals surface area contributed by atoms with Crippen molar-refractivity contribution in [2.75, 3.05) is 0 Å². The quantitative estimate of drug-likeness (QED) is 0.805. The lowest BCUT2D eigenvalue weighted by atomic mass is 9.95. The van der Waals surface area contributed by atoms with E-state index >= 15 is 0 Å². The molecule has 5 heteroatoms. The molecule has 12 heavy (non-hydrogen) atoms. The molecule has 1 rings (SSSR count). The molecule has 0 aliphatic heterocycles. The van der Waals surface area contributed by atoms with Gasteiger partial charge in [0.15, 0.2) is 0 Å². The average Bonchev–Trinajstić information content (AvgIpc) is 2.35. The zero-order valence-electron chi connectivity index (χ0n) is 6.67. The summed E-state index contributed by atoms with van der Waals surface area (Å²) >= 11 is 6.83. The van der Waals surface area contributed by atoms with Crippen molar-refractivity contribution in [2.45, 2.75) is 19.3 Å². The number of aromatic nitrogens is 1. The maximum atomic E-state index is 10.8. The van der Waals surface area contributed by atoms with Crippen molar-refractivity contribution < 1.29 is 9.90 Å². The molecule has 0 radical (unpaired) electrons. The summed E-state index contributed by atoms with van der Waals surface area (Å²) in [5.74, 6) is -0.895. The van der Waals surface area contributed by atoms with Gasteiger partial charge in [0.25, 0.3) is 0 Å². The van der Waals surface area contributed by atoms with Crippen molar-refractivity contribution in [1.29, 1.82) is 0 Å². The zero-order valence-corrected chi connectivity index (χ0v) is 8.24. The SMILES string of the molecule is CC(C)(C(=O)O)c1ncc(Cl)s1. The van der Waals surface area contributed by atoms with Crippen molar-refractivity contribution in [3.05, 3.63) is 15.5 Å². The van der Waals surface area contributed by atoms with E-state index in [1.165, 1.54) is 17.5 Å². The first kappa shape index (κ1) is 9.48. The Kier molecular flexibility index (Phi) is 2.39. The fraction of sp³-hybridized carbons (Fsp3) is 0.429. The van der Waals surface area contributed by atoms with Crippen molar-refractivity contribution >= 4 is 28.9 Å². The summed E-state index contributed by atoms with van der Waals surface area (Å²) in [5, 5.41) is 9.36. The summed E-state index contributed by atoms with van der Waals surface area (Å²) in [7, 11) is 0. The molecule has 0 unspecified atom stereocenters. The Balaban J connectivity index is 3.05. The van der Waals surface area contributed by atoms with E-state index in [-0.39, 0.29) is 0 Å². The van der Waals surface area contributed by atoms with E-state index in [2.05, 4.69) is 4.98 Å². The molecule has 1 N–H and O–H groups in total. The summed E-state index contributed by atoms with van der Waals surface area (Å²) in [6.45, 7) is 3.20. The normalized spacial score (nSPS) is 11.6. The Bertz CT molecular complexity index is 308. The summed E-state index contributed by atoms with van der Waals surface area (Å²) in [4.78, 5) is 14.7. The number of nitrogens with zero attached hydrogens (tertiary/aromatic N) is 1. The molecule has 0 spiro atoms. The van der Waals surface area contributed by atoms with Gasteiger partial charge in [-0.05, 0) is 13.8 Å². The van der Waals surface area contributed by atoms with E-state index in [9.17, 15) is 4.79 Å². The number of carbonyl (C=O) groups is 1. The second kappa shape index (κ2) is 3.03. The largest absolute Gasteiger partial charge is 0.481 e. The van der Waals surface area contributed by atoms with Crippen LogP contribution in [0.4, 0.5) is 0 Å². The highest BCUT2D eigenvalue weighted by atomic mass is 35.5. The van der Waals surface area contributed by atoms with Gasteiger partial charge in [0.05, 0.1) is 6.20 Å². The maximum absolute atomic E-state index is 10.8. The van der Waals surface area contributed by atoms with Crippen LogP contribution in [0, 0.1) is 0 Å². The van der Waals surface area contributed by atoms with E-state index in [4.69, 9.17) is 16.7 Å². The van der Waals surface area contributed by atoms with Gasteiger partial charge in [-0.15, -0.1) is 11.3 Å². The first-order valence-electron chi connectivity index (χ1n) is 3.30. The lowest BCUT2D eigenvalue weighted by Crippen LogP contribution is -2.28. The maximum Gasteiger partial charge on any atom is 0.316 e. The molecule has 0 bridgehead atoms. The topological polar surface area (TPSA) is 50.2 Å². The molecule has 1 aromatic rings. The molecule has 0 fully saturated rings. The number of aliphatic carboxylic acids is 1. The minimum absolute atomic E-state index is 0.513. The van der Waals surface area contributed by atoms with Gasteiger partial charge >= 0.3 is 5.97 Å². The van der Waals surface area contributed by atoms with Gasteiger partial charge in [-0.1, -0.05) is 11.6 Å². The number of carboxylic acid groups (broad SMARTS) is 1. The van der Waals surface area contributed by atoms with Gasteiger partial charge < -0.3 is 5.11 Å². The van der Waals surface area contributed by atoms with Crippen molar-refractivity contribution in [1.82, 2.24) is 4.98 Å². The molecule has 0 aliphatic carbocycles. The fourth-order valence-corrected chi connectivity index (χ4v) is 1.64. The van der Waals surface area contributed by atoms with Gasteiger partial charge in [-0.3, -0.25) is 4.79 Å². The number of halogens is 1. The van der Waals surface area contributed by atoms with Crippen molar-refractivity contribution in [3.8, 4) is 0 Å². The molecule has 0 saturated carbocycles. The summed E-state index contributed by atoms with van der Waals surface area (Å²) in [5.41, 5.74) is -0.947. The van der Waals surface area contributed by atoms with Crippen molar-refractivity contribution in [3.63, 3.8) is 0 Å². The zero-order chi connectivity index (χ0) is 9.35. The van der Waals surface area contributed by atoms with Gasteiger partial charge in [0.2, 0.25) is 0 Å². The van der Waals surface area contributed by atoms with Crippen LogP contribution in [-0.2, 0) is 10.2 Å². The Morgan fingerprint density at radius 3 is 2.67 bits per heavy atom. The molecule has 0 amide bonds. The van der Waals surface area contributed by atoms with Crippen LogP contribution in [0.15, 0.2) is 6.20 Å². The third-order valence-corrected chi connectivity index (χ3v) is 2.99. The van der Waals surface area contributed by atoms with E-state index in [0.717, 1.165) is 0 Å². The molecule has 66 valence electrons. The van der Waals surface area contributed by atoms with Crippen LogP contribution in [-0.4, -0.2) is 16.1 Å². The number of hydrogen-bond acceptors (Lipinski definition) is 3. The third-order valence-electron chi connectivity index (χ3n) is 1.55. The van der Waals surface area contributed by atoms with Crippen molar-refractivity contribution in [2.24, 2.45) is 0 Å². The molecule has 3 nitrogen and oxygen atoms in total.